The van der Waals surface area contributed by atoms with Crippen molar-refractivity contribution in [1.29, 1.82) is 0 Å². The molecule has 0 aliphatic carbocycles. The number of likely N-dealkylation sites (tertiary alicyclic amines) is 1. The summed E-state index contributed by atoms with van der Waals surface area (Å²) in [5.74, 6) is 0.943. The number of phenols is 1. The van der Waals surface area contributed by atoms with Gasteiger partial charge in [0.15, 0.2) is 0 Å². The van der Waals surface area contributed by atoms with Gasteiger partial charge in [-0.15, -0.1) is 0 Å². The fraction of sp³-hybridized carbons (Fsp3) is 0.389. The summed E-state index contributed by atoms with van der Waals surface area (Å²) in [6.45, 7) is 3.14. The van der Waals surface area contributed by atoms with Crippen LogP contribution in [0.2, 0.25) is 0 Å². The van der Waals surface area contributed by atoms with Gasteiger partial charge >= 0.3 is 0 Å². The lowest BCUT2D eigenvalue weighted by atomic mass is 10.0. The molecular weight excluding hydrogens is 320 g/mol. The summed E-state index contributed by atoms with van der Waals surface area (Å²) >= 11 is 0. The number of aryl methyl sites for hydroxylation is 1. The average Bonchev–Trinajstić information content (AvgIpc) is 2.64. The van der Waals surface area contributed by atoms with Gasteiger partial charge in [-0.25, -0.2) is 4.98 Å². The van der Waals surface area contributed by atoms with Gasteiger partial charge in [0.05, 0.1) is 12.7 Å². The van der Waals surface area contributed by atoms with Crippen LogP contribution in [-0.4, -0.2) is 52.1 Å². The predicted molar refractivity (Wildman–Crippen MR) is 94.0 cm³/mol. The number of aromatic hydroxyl groups is 1. The van der Waals surface area contributed by atoms with E-state index in [-0.39, 0.29) is 17.7 Å². The first-order chi connectivity index (χ1) is 12.1. The Morgan fingerprint density at radius 3 is 2.80 bits per heavy atom. The van der Waals surface area contributed by atoms with Crippen LogP contribution < -0.4 is 10.1 Å². The van der Waals surface area contributed by atoms with Crippen molar-refractivity contribution < 1.29 is 14.6 Å². The van der Waals surface area contributed by atoms with E-state index in [0.717, 1.165) is 18.4 Å². The van der Waals surface area contributed by atoms with Crippen molar-refractivity contribution in [2.75, 3.05) is 25.5 Å². The Morgan fingerprint density at radius 1 is 1.32 bits per heavy atom. The van der Waals surface area contributed by atoms with E-state index in [9.17, 15) is 9.90 Å². The van der Waals surface area contributed by atoms with Gasteiger partial charge in [0.2, 0.25) is 11.8 Å². The molecule has 2 N–H and O–H groups in total. The number of carbonyl (C=O) groups is 1. The lowest BCUT2D eigenvalue weighted by Crippen LogP contribution is -2.42. The van der Waals surface area contributed by atoms with E-state index in [1.807, 2.05) is 6.92 Å². The molecular formula is C18H22N4O3. The van der Waals surface area contributed by atoms with E-state index in [1.165, 1.54) is 0 Å². The van der Waals surface area contributed by atoms with Crippen molar-refractivity contribution >= 4 is 11.9 Å². The zero-order valence-electron chi connectivity index (χ0n) is 14.4. The number of nitrogens with zero attached hydrogens (tertiary/aromatic N) is 3. The maximum Gasteiger partial charge on any atom is 0.257 e. The SMILES string of the molecule is COc1ccnc(NC2CCN(C(=O)c3cc(C)ccc3O)CC2)n1. The van der Waals surface area contributed by atoms with Crippen molar-refractivity contribution in [1.82, 2.24) is 14.9 Å². The van der Waals surface area contributed by atoms with Crippen LogP contribution in [-0.2, 0) is 0 Å². The fourth-order valence-corrected chi connectivity index (χ4v) is 2.93. The van der Waals surface area contributed by atoms with Gasteiger partial charge in [0, 0.05) is 31.4 Å². The smallest absolute Gasteiger partial charge is 0.257 e. The maximum atomic E-state index is 12.6. The lowest BCUT2D eigenvalue weighted by molar-refractivity contribution is 0.0715. The molecule has 1 aromatic carbocycles. The summed E-state index contributed by atoms with van der Waals surface area (Å²) in [4.78, 5) is 22.8. The molecule has 0 spiro atoms. The number of phenolic OH excluding ortho intramolecular Hbond substituents is 1. The first-order valence-corrected chi connectivity index (χ1v) is 8.29. The number of ether oxygens (including phenoxy) is 1. The van der Waals surface area contributed by atoms with Crippen LogP contribution in [0.5, 0.6) is 11.6 Å². The van der Waals surface area contributed by atoms with Gasteiger partial charge < -0.3 is 20.1 Å². The zero-order valence-corrected chi connectivity index (χ0v) is 14.4. The number of amides is 1. The second-order valence-electron chi connectivity index (χ2n) is 6.15. The number of aromatic nitrogens is 2. The second kappa shape index (κ2) is 7.38. The highest BCUT2D eigenvalue weighted by Crippen LogP contribution is 2.23. The van der Waals surface area contributed by atoms with Gasteiger partial charge in [-0.05, 0) is 31.9 Å². The van der Waals surface area contributed by atoms with E-state index in [2.05, 4.69) is 15.3 Å². The number of piperidine rings is 1. The Kier molecular flexibility index (Phi) is 5.02. The summed E-state index contributed by atoms with van der Waals surface area (Å²) in [5.41, 5.74) is 1.32. The van der Waals surface area contributed by atoms with Crippen molar-refractivity contribution in [2.24, 2.45) is 0 Å². The molecule has 0 radical (unpaired) electrons. The molecule has 1 aromatic heterocycles. The Balaban J connectivity index is 1.59. The minimum absolute atomic E-state index is 0.0284. The van der Waals surface area contributed by atoms with E-state index >= 15 is 0 Å². The van der Waals surface area contributed by atoms with Gasteiger partial charge in [-0.2, -0.15) is 4.98 Å². The molecule has 1 aliphatic rings. The number of anilines is 1. The predicted octanol–water partition coefficient (Wildman–Crippen LogP) is 2.22. The number of hydrogen-bond acceptors (Lipinski definition) is 6. The first kappa shape index (κ1) is 17.0. The molecule has 2 aromatic rings. The lowest BCUT2D eigenvalue weighted by Gasteiger charge is -2.32. The Bertz CT molecular complexity index is 758. The molecule has 3 rings (SSSR count). The maximum absolute atomic E-state index is 12.6. The van der Waals surface area contributed by atoms with Gasteiger partial charge in [0.25, 0.3) is 5.91 Å². The largest absolute Gasteiger partial charge is 0.507 e. The highest BCUT2D eigenvalue weighted by Gasteiger charge is 2.25. The zero-order chi connectivity index (χ0) is 17.8. The number of carbonyl (C=O) groups excluding carboxylic acids is 1. The molecule has 1 aliphatic heterocycles. The molecule has 0 unspecified atom stereocenters. The number of nitrogens with one attached hydrogen (secondary N) is 1. The minimum atomic E-state index is -0.128. The third kappa shape index (κ3) is 3.99. The molecule has 0 atom stereocenters. The fourth-order valence-electron chi connectivity index (χ4n) is 2.93. The molecule has 1 saturated heterocycles. The Hall–Kier alpha value is -2.83. The number of benzene rings is 1. The molecule has 1 amide bonds. The summed E-state index contributed by atoms with van der Waals surface area (Å²) in [7, 11) is 1.57. The van der Waals surface area contributed by atoms with Crippen LogP contribution in [0.4, 0.5) is 5.95 Å². The van der Waals surface area contributed by atoms with Crippen LogP contribution in [0, 0.1) is 6.92 Å². The number of rotatable bonds is 4. The summed E-state index contributed by atoms with van der Waals surface area (Å²) in [5, 5.41) is 13.2. The van der Waals surface area contributed by atoms with E-state index in [0.29, 0.717) is 30.5 Å². The highest BCUT2D eigenvalue weighted by atomic mass is 16.5. The number of methoxy groups -OCH3 is 1. The standard InChI is InChI=1S/C18H22N4O3/c1-12-3-4-15(23)14(11-12)17(24)22-9-6-13(7-10-22)20-18-19-8-5-16(21-18)25-2/h3-5,8,11,13,23H,6-7,9-10H2,1-2H3,(H,19,20,21). The van der Waals surface area contributed by atoms with Crippen molar-refractivity contribution in [3.63, 3.8) is 0 Å². The third-order valence-electron chi connectivity index (χ3n) is 4.34. The van der Waals surface area contributed by atoms with E-state index in [4.69, 9.17) is 4.74 Å². The molecule has 132 valence electrons. The van der Waals surface area contributed by atoms with Crippen molar-refractivity contribution in [3.8, 4) is 11.6 Å². The van der Waals surface area contributed by atoms with Crippen molar-refractivity contribution in [3.05, 3.63) is 41.6 Å². The third-order valence-corrected chi connectivity index (χ3v) is 4.34. The Morgan fingerprint density at radius 2 is 2.08 bits per heavy atom. The molecule has 25 heavy (non-hydrogen) atoms. The summed E-state index contributed by atoms with van der Waals surface area (Å²) in [6, 6.07) is 6.97. The first-order valence-electron chi connectivity index (χ1n) is 8.29. The van der Waals surface area contributed by atoms with Crippen LogP contribution in [0.1, 0.15) is 28.8 Å². The topological polar surface area (TPSA) is 87.6 Å². The molecule has 0 saturated carbocycles. The molecule has 2 heterocycles. The quantitative estimate of drug-likeness (QED) is 0.886. The van der Waals surface area contributed by atoms with Crippen LogP contribution >= 0.6 is 0 Å². The monoisotopic (exact) mass is 342 g/mol. The van der Waals surface area contributed by atoms with E-state index < -0.39 is 0 Å². The van der Waals surface area contributed by atoms with Crippen LogP contribution in [0.3, 0.4) is 0 Å². The minimum Gasteiger partial charge on any atom is -0.507 e. The number of hydrogen-bond donors (Lipinski definition) is 2. The molecule has 7 heteroatoms. The highest BCUT2D eigenvalue weighted by molar-refractivity contribution is 5.97. The van der Waals surface area contributed by atoms with E-state index in [1.54, 1.807) is 42.5 Å². The van der Waals surface area contributed by atoms with Crippen LogP contribution in [0.15, 0.2) is 30.5 Å². The van der Waals surface area contributed by atoms with Gasteiger partial charge in [0.1, 0.15) is 5.75 Å². The van der Waals surface area contributed by atoms with Gasteiger partial charge in [-0.1, -0.05) is 11.6 Å². The van der Waals surface area contributed by atoms with Crippen molar-refractivity contribution in [2.45, 2.75) is 25.8 Å². The average molecular weight is 342 g/mol. The molecule has 7 nitrogen and oxygen atoms in total. The summed E-state index contributed by atoms with van der Waals surface area (Å²) < 4.78 is 5.09. The normalized spacial score (nSPS) is 15.0. The molecule has 0 bridgehead atoms. The Labute approximate surface area is 146 Å². The van der Waals surface area contributed by atoms with Gasteiger partial charge in [-0.3, -0.25) is 4.79 Å². The summed E-state index contributed by atoms with van der Waals surface area (Å²) in [6.07, 6.45) is 3.23. The molecule has 1 fully saturated rings. The second-order valence-corrected chi connectivity index (χ2v) is 6.15. The van der Waals surface area contributed by atoms with Crippen LogP contribution in [0.25, 0.3) is 0 Å².